The maximum Gasteiger partial charge on any atom is 0.252 e. The predicted molar refractivity (Wildman–Crippen MR) is 513 cm³/mol. The van der Waals surface area contributed by atoms with Crippen LogP contribution < -0.4 is 52.4 Å². The number of para-hydroxylation sites is 8. The van der Waals surface area contributed by atoms with Crippen LogP contribution in [0.4, 0.5) is 68.2 Å². The Labute approximate surface area is 705 Å². The number of furan rings is 1. The topological polar surface area (TPSA) is 31.0 Å². The summed E-state index contributed by atoms with van der Waals surface area (Å²) in [5.41, 5.74) is 39.4. The quantitative estimate of drug-likeness (QED) is 0.134. The zero-order valence-electron chi connectivity index (χ0n) is 70.2. The summed E-state index contributed by atoms with van der Waals surface area (Å²) in [6.45, 7) is 27.7. The van der Waals surface area contributed by atoms with Crippen molar-refractivity contribution in [3.63, 3.8) is 0 Å². The molecule has 0 amide bonds. The highest BCUT2D eigenvalue weighted by molar-refractivity contribution is 7.03. The van der Waals surface area contributed by atoms with Gasteiger partial charge in [-0.3, -0.25) is 0 Å². The van der Waals surface area contributed by atoms with E-state index in [1.807, 2.05) is 0 Å². The first-order chi connectivity index (χ1) is 58.1. The van der Waals surface area contributed by atoms with Gasteiger partial charge in [-0.2, -0.15) is 0 Å². The largest absolute Gasteiger partial charge is 0.454 e. The number of rotatable bonds is 9. The number of anilines is 12. The van der Waals surface area contributed by atoms with Gasteiger partial charge >= 0.3 is 0 Å². The van der Waals surface area contributed by atoms with Crippen molar-refractivity contribution in [1.82, 2.24) is 4.57 Å². The minimum Gasteiger partial charge on any atom is -0.454 e. The Morgan fingerprint density at radius 2 is 0.617 bits per heavy atom. The second-order valence-electron chi connectivity index (χ2n) is 37.7. The molecule has 16 aromatic carbocycles. The van der Waals surface area contributed by atoms with E-state index in [1.54, 1.807) is 0 Å². The molecule has 120 heavy (non-hydrogen) atoms. The highest BCUT2D eigenvalue weighted by Crippen LogP contribution is 2.56. The third-order valence-corrected chi connectivity index (χ3v) is 26.1. The molecular weight excluding hydrogens is 1450 g/mol. The van der Waals surface area contributed by atoms with Crippen LogP contribution in [0.3, 0.4) is 0 Å². The van der Waals surface area contributed by atoms with E-state index >= 15 is 0 Å². The lowest BCUT2D eigenvalue weighted by molar-refractivity contribution is 0.568. The Kier molecular flexibility index (Phi) is 16.4. The molecule has 578 valence electrons. The van der Waals surface area contributed by atoms with Crippen molar-refractivity contribution in [3.05, 3.63) is 368 Å². The summed E-state index contributed by atoms with van der Waals surface area (Å²) in [5, 5.41) is 4.63. The lowest BCUT2D eigenvalue weighted by Crippen LogP contribution is -2.65. The van der Waals surface area contributed by atoms with Crippen LogP contribution in [0, 0.1) is 0 Å². The second kappa shape index (κ2) is 27.0. The molecule has 18 aromatic rings. The van der Waals surface area contributed by atoms with Crippen molar-refractivity contribution < 1.29 is 4.42 Å². The molecule has 0 N–H and O–H groups in total. The molecule has 0 atom stereocenters. The number of benzene rings is 16. The molecule has 0 aliphatic carbocycles. The van der Waals surface area contributed by atoms with E-state index in [0.29, 0.717) is 0 Å². The fraction of sp³-hybridized carbons (Fsp3) is 0.143. The molecule has 0 fully saturated rings. The average molecular weight is 1550 g/mol. The van der Waals surface area contributed by atoms with Gasteiger partial charge in [-0.1, -0.05) is 332 Å². The van der Waals surface area contributed by atoms with Crippen LogP contribution in [0.1, 0.15) is 105 Å². The maximum absolute atomic E-state index is 7.22. The molecule has 6 nitrogen and oxygen atoms in total. The minimum absolute atomic E-state index is 0.149. The molecule has 0 spiro atoms. The van der Waals surface area contributed by atoms with E-state index < -0.39 is 0 Å². The summed E-state index contributed by atoms with van der Waals surface area (Å²) in [7, 11) is 0. The van der Waals surface area contributed by atoms with Crippen LogP contribution in [-0.4, -0.2) is 18.0 Å². The number of fused-ring (bicyclic) bond motifs is 14. The Balaban J connectivity index is 0.913. The van der Waals surface area contributed by atoms with Crippen LogP contribution >= 0.6 is 0 Å². The molecule has 8 heteroatoms. The first-order valence-electron chi connectivity index (χ1n) is 42.6. The monoisotopic (exact) mass is 1550 g/mol. The molecule has 6 heterocycles. The van der Waals surface area contributed by atoms with Gasteiger partial charge in [0.1, 0.15) is 5.58 Å². The molecule has 0 saturated heterocycles. The van der Waals surface area contributed by atoms with Crippen molar-refractivity contribution in [2.45, 2.75) is 105 Å². The summed E-state index contributed by atoms with van der Waals surface area (Å²) in [6.07, 6.45) is 0. The highest BCUT2D eigenvalue weighted by Gasteiger charge is 2.50. The zero-order valence-corrected chi connectivity index (χ0v) is 70.2. The van der Waals surface area contributed by atoms with E-state index in [0.717, 1.165) is 129 Å². The van der Waals surface area contributed by atoms with E-state index in [-0.39, 0.29) is 35.1 Å². The third-order valence-electron chi connectivity index (χ3n) is 26.1. The molecule has 0 saturated carbocycles. The maximum atomic E-state index is 7.22. The zero-order chi connectivity index (χ0) is 81.6. The Morgan fingerprint density at radius 3 is 1.12 bits per heavy atom. The first kappa shape index (κ1) is 72.9. The lowest BCUT2D eigenvalue weighted by Gasteiger charge is -2.48. The van der Waals surface area contributed by atoms with Gasteiger partial charge in [-0.15, -0.1) is 0 Å². The Hall–Kier alpha value is -13.6. The lowest BCUT2D eigenvalue weighted by atomic mass is 9.30. The van der Waals surface area contributed by atoms with Gasteiger partial charge in [0.2, 0.25) is 0 Å². The van der Waals surface area contributed by atoms with Crippen molar-refractivity contribution in [3.8, 4) is 50.2 Å². The number of aromatic nitrogens is 1. The number of nitrogens with zero attached hydrogens (tertiary/aromatic N) is 5. The van der Waals surface area contributed by atoms with Gasteiger partial charge in [-0.25, -0.2) is 0 Å². The van der Waals surface area contributed by atoms with E-state index in [4.69, 9.17) is 4.42 Å². The van der Waals surface area contributed by atoms with Gasteiger partial charge < -0.3 is 28.6 Å². The first-order valence-corrected chi connectivity index (χ1v) is 42.6. The summed E-state index contributed by atoms with van der Waals surface area (Å²) < 4.78 is 9.72. The van der Waals surface area contributed by atoms with Crippen molar-refractivity contribution in [2.24, 2.45) is 0 Å². The molecule has 0 radical (unpaired) electrons. The molecule has 4 aliphatic heterocycles. The highest BCUT2D eigenvalue weighted by atomic mass is 16.3. The van der Waals surface area contributed by atoms with Gasteiger partial charge in [0.15, 0.2) is 5.58 Å². The van der Waals surface area contributed by atoms with Crippen LogP contribution in [0.2, 0.25) is 0 Å². The van der Waals surface area contributed by atoms with E-state index in [2.05, 4.69) is 453 Å². The smallest absolute Gasteiger partial charge is 0.252 e. The molecule has 2 aromatic heterocycles. The molecule has 0 bridgehead atoms. The van der Waals surface area contributed by atoms with Gasteiger partial charge in [0.05, 0.1) is 22.4 Å². The Bertz CT molecular complexity index is 7060. The van der Waals surface area contributed by atoms with Crippen LogP contribution in [0.5, 0.6) is 0 Å². The summed E-state index contributed by atoms with van der Waals surface area (Å²) in [6, 6.07) is 132. The fourth-order valence-electron chi connectivity index (χ4n) is 20.0. The van der Waals surface area contributed by atoms with Gasteiger partial charge in [-0.05, 0) is 207 Å². The van der Waals surface area contributed by atoms with Crippen molar-refractivity contribution in [2.75, 3.05) is 19.6 Å². The number of hydrogen-bond acceptors (Lipinski definition) is 5. The van der Waals surface area contributed by atoms with Crippen molar-refractivity contribution >= 4 is 158 Å². The summed E-state index contributed by atoms with van der Waals surface area (Å²) >= 11 is 0. The van der Waals surface area contributed by atoms with Gasteiger partial charge in [0, 0.05) is 95.2 Å². The summed E-state index contributed by atoms with van der Waals surface area (Å²) in [5.74, 6) is 0. The van der Waals surface area contributed by atoms with Crippen LogP contribution in [0.25, 0.3) is 93.9 Å². The average Bonchev–Trinajstić information content (AvgIpc) is 0.729. The molecular formula is C112H93B2N5O. The standard InChI is InChI=1S/C112H93B2N5O/c1-109(2,3)76-57-72(58-77(65-76)110(4,5)6)74-61-100-105-102(63-74)118(96-53-34-48-88-87-45-27-32-54-104(87)120-108(88)96)95-52-31-28-49-89(95)113(105)91-68-92-99(69-98(91)116(100)81-41-23-16-24-42-81)119(107-83(70-35-17-13-18-36-70)46-33-47-84(107)71-37-19-14-20-38-71)103-64-75(73-59-78(111(7,8)9)66-79(60-73)112(10,11)12)62-101-106(103)114(92)90-56-55-82(67-97(90)115(101)80-39-21-15-22-40-80)117-93-50-29-25-43-85(93)86-44-26-30-51-94(86)117/h13-69H,1-12H3. The van der Waals surface area contributed by atoms with Gasteiger partial charge in [0.25, 0.3) is 13.4 Å². The predicted octanol–water partition coefficient (Wildman–Crippen LogP) is 26.7. The fourth-order valence-corrected chi connectivity index (χ4v) is 20.0. The van der Waals surface area contributed by atoms with E-state index in [1.165, 1.54) is 88.0 Å². The normalized spacial score (nSPS) is 13.6. The van der Waals surface area contributed by atoms with Crippen LogP contribution in [0.15, 0.2) is 350 Å². The summed E-state index contributed by atoms with van der Waals surface area (Å²) in [4.78, 5) is 10.6. The molecule has 0 unspecified atom stereocenters. The Morgan fingerprint density at radius 1 is 0.233 bits per heavy atom. The minimum atomic E-state index is -0.320. The van der Waals surface area contributed by atoms with E-state index in [9.17, 15) is 0 Å². The second-order valence-corrected chi connectivity index (χ2v) is 37.7. The third kappa shape index (κ3) is 11.5. The SMILES string of the molecule is CC(C)(C)c1cc(-c2cc3c4c(c2)N(c2c(-c5ccccc5)cccc2-c2ccccc2)c2cc5c(cc2B4c2ccc(-n4c6ccccc6c6ccccc64)cc2N3c2ccccc2)B2c3ccccc3N(c3cccc4c3oc3ccccc34)c3cc(-c4cc(C(C)(C)C)cc(C(C)(C)C)c4)cc(c32)N5c2ccccc2)cc(C(C)(C)C)c1. The van der Waals surface area contributed by atoms with Crippen molar-refractivity contribution in [1.29, 1.82) is 0 Å². The van der Waals surface area contributed by atoms with Crippen LogP contribution in [-0.2, 0) is 21.7 Å². The number of hydrogen-bond donors (Lipinski definition) is 0. The molecule has 22 rings (SSSR count). The molecule has 4 aliphatic rings.